The topological polar surface area (TPSA) is 85.5 Å². The first-order valence-corrected chi connectivity index (χ1v) is 12.5. The summed E-state index contributed by atoms with van der Waals surface area (Å²) in [4.78, 5) is 12.2. The second-order valence-corrected chi connectivity index (χ2v) is 9.83. The lowest BCUT2D eigenvalue weighted by atomic mass is 10.1. The van der Waals surface area contributed by atoms with E-state index in [-0.39, 0.29) is 12.4 Å². The average Bonchev–Trinajstić information content (AvgIpc) is 3.79. The van der Waals surface area contributed by atoms with Crippen LogP contribution in [0.15, 0.2) is 42.5 Å². The van der Waals surface area contributed by atoms with Crippen LogP contribution in [0.4, 0.5) is 10.5 Å². The van der Waals surface area contributed by atoms with Crippen molar-refractivity contribution in [2.45, 2.75) is 63.9 Å². The van der Waals surface area contributed by atoms with Gasteiger partial charge in [0.25, 0.3) is 0 Å². The zero-order valence-electron chi connectivity index (χ0n) is 19.8. The molecule has 1 aliphatic heterocycles. The number of aromatic nitrogens is 1. The van der Waals surface area contributed by atoms with Crippen LogP contribution in [-0.4, -0.2) is 29.7 Å². The van der Waals surface area contributed by atoms with Gasteiger partial charge in [-0.2, -0.15) is 5.26 Å². The molecule has 7 nitrogen and oxygen atoms in total. The summed E-state index contributed by atoms with van der Waals surface area (Å²) in [5.41, 5.74) is 4.19. The molecule has 1 saturated heterocycles. The Morgan fingerprint density at radius 2 is 1.94 bits per heavy atom. The molecule has 2 unspecified atom stereocenters. The zero-order valence-corrected chi connectivity index (χ0v) is 19.8. The van der Waals surface area contributed by atoms with Crippen molar-refractivity contribution < 1.29 is 19.0 Å². The van der Waals surface area contributed by atoms with E-state index in [9.17, 15) is 10.1 Å². The van der Waals surface area contributed by atoms with Crippen LogP contribution in [0.5, 0.6) is 5.75 Å². The Bertz CT molecular complexity index is 1290. The Labute approximate surface area is 204 Å². The minimum absolute atomic E-state index is 0.0594. The molecular formula is C28H29N3O4. The minimum atomic E-state index is -0.430. The van der Waals surface area contributed by atoms with Gasteiger partial charge in [-0.15, -0.1) is 0 Å². The van der Waals surface area contributed by atoms with Crippen molar-refractivity contribution in [1.29, 1.82) is 5.26 Å². The molecule has 2 heterocycles. The number of fused-ring (bicyclic) bond motifs is 1. The van der Waals surface area contributed by atoms with Gasteiger partial charge in [-0.1, -0.05) is 12.1 Å². The Morgan fingerprint density at radius 1 is 1.14 bits per heavy atom. The van der Waals surface area contributed by atoms with Crippen LogP contribution >= 0.6 is 0 Å². The second-order valence-electron chi connectivity index (χ2n) is 9.83. The first-order chi connectivity index (χ1) is 17.1. The number of nitriles is 1. The van der Waals surface area contributed by atoms with Crippen molar-refractivity contribution in [1.82, 2.24) is 4.57 Å². The second kappa shape index (κ2) is 8.94. The number of carbonyl (C=O) groups excluding carboxylic acids is 1. The van der Waals surface area contributed by atoms with Gasteiger partial charge in [0.05, 0.1) is 23.4 Å². The molecule has 2 aromatic carbocycles. The first kappa shape index (κ1) is 22.0. The molecular weight excluding hydrogens is 442 g/mol. The highest BCUT2D eigenvalue weighted by Gasteiger charge is 2.32. The van der Waals surface area contributed by atoms with Gasteiger partial charge in [0, 0.05) is 29.6 Å². The summed E-state index contributed by atoms with van der Waals surface area (Å²) in [5.74, 6) is 1.26. The number of carbonyl (C=O) groups is 1. The van der Waals surface area contributed by atoms with Crippen molar-refractivity contribution in [2.24, 2.45) is 5.92 Å². The number of ether oxygens (including phenoxy) is 3. The summed E-state index contributed by atoms with van der Waals surface area (Å²) in [6, 6.07) is 16.4. The molecule has 0 spiro atoms. The Morgan fingerprint density at radius 3 is 2.60 bits per heavy atom. The van der Waals surface area contributed by atoms with E-state index in [0.29, 0.717) is 23.2 Å². The Balaban J connectivity index is 1.30. The molecule has 2 saturated carbocycles. The first-order valence-electron chi connectivity index (χ1n) is 12.5. The lowest BCUT2D eigenvalue weighted by Gasteiger charge is -2.14. The zero-order chi connectivity index (χ0) is 23.9. The largest absolute Gasteiger partial charge is 0.465 e. The van der Waals surface area contributed by atoms with Crippen molar-refractivity contribution >= 4 is 22.7 Å². The lowest BCUT2D eigenvalue weighted by Crippen LogP contribution is -2.21. The number of benzene rings is 2. The SMILES string of the molecule is CC(OC(=O)Nc1ccc(-c2c(C#N)c3ccc(OC4CCCO4)cc3n2C2CC2)cc1)C1CC1. The van der Waals surface area contributed by atoms with Gasteiger partial charge >= 0.3 is 6.09 Å². The van der Waals surface area contributed by atoms with Crippen LogP contribution in [-0.2, 0) is 9.47 Å². The maximum absolute atomic E-state index is 12.2. The molecule has 2 aliphatic carbocycles. The standard InChI is InChI=1S/C28H29N3O4/c1-17(18-4-5-18)34-28(32)30-20-8-6-19(7-9-20)27-24(16-29)23-13-12-22(35-26-3-2-14-33-26)15-25(23)31(27)21-10-11-21/h6-9,12-13,15,17-18,21,26H,2-5,10-11,14H2,1H3,(H,30,32). The molecule has 3 fully saturated rings. The number of amides is 1. The van der Waals surface area contributed by atoms with Gasteiger partial charge in [0.15, 0.2) is 6.29 Å². The molecule has 1 aromatic heterocycles. The minimum Gasteiger partial charge on any atom is -0.465 e. The van der Waals surface area contributed by atoms with E-state index in [2.05, 4.69) is 16.0 Å². The Hall–Kier alpha value is -3.50. The van der Waals surface area contributed by atoms with Crippen LogP contribution in [0.25, 0.3) is 22.2 Å². The van der Waals surface area contributed by atoms with Crippen molar-refractivity contribution in [3.8, 4) is 23.1 Å². The van der Waals surface area contributed by atoms with Crippen LogP contribution in [0.1, 0.15) is 57.1 Å². The lowest BCUT2D eigenvalue weighted by molar-refractivity contribution is -0.0389. The van der Waals surface area contributed by atoms with E-state index in [1.807, 2.05) is 49.4 Å². The van der Waals surface area contributed by atoms with Gasteiger partial charge in [0.2, 0.25) is 0 Å². The predicted molar refractivity (Wildman–Crippen MR) is 132 cm³/mol. The molecule has 6 rings (SSSR count). The highest BCUT2D eigenvalue weighted by Crippen LogP contribution is 2.45. The summed E-state index contributed by atoms with van der Waals surface area (Å²) < 4.78 is 19.4. The van der Waals surface area contributed by atoms with E-state index >= 15 is 0 Å². The molecule has 0 radical (unpaired) electrons. The summed E-state index contributed by atoms with van der Waals surface area (Å²) in [5, 5.41) is 13.9. The van der Waals surface area contributed by atoms with E-state index in [1.165, 1.54) is 0 Å². The molecule has 3 aromatic rings. The highest BCUT2D eigenvalue weighted by molar-refractivity contribution is 5.96. The van der Waals surface area contributed by atoms with E-state index in [4.69, 9.17) is 14.2 Å². The maximum atomic E-state index is 12.2. The van der Waals surface area contributed by atoms with Crippen molar-refractivity contribution in [2.75, 3.05) is 11.9 Å². The molecule has 3 aliphatic rings. The van der Waals surface area contributed by atoms with Crippen LogP contribution < -0.4 is 10.1 Å². The molecule has 35 heavy (non-hydrogen) atoms. The maximum Gasteiger partial charge on any atom is 0.411 e. The summed E-state index contributed by atoms with van der Waals surface area (Å²) in [6.07, 6.45) is 5.64. The van der Waals surface area contributed by atoms with E-state index in [1.54, 1.807) is 0 Å². The molecule has 1 N–H and O–H groups in total. The van der Waals surface area contributed by atoms with Gasteiger partial charge < -0.3 is 18.8 Å². The van der Waals surface area contributed by atoms with Crippen LogP contribution in [0.3, 0.4) is 0 Å². The van der Waals surface area contributed by atoms with Crippen LogP contribution in [0, 0.1) is 17.2 Å². The Kier molecular flexibility index (Phi) is 5.62. The summed E-state index contributed by atoms with van der Waals surface area (Å²) in [7, 11) is 0. The fraction of sp³-hybridized carbons (Fsp3) is 0.429. The van der Waals surface area contributed by atoms with Gasteiger partial charge in [-0.05, 0) is 74.8 Å². The van der Waals surface area contributed by atoms with Gasteiger partial charge in [-0.3, -0.25) is 5.32 Å². The number of hydrogen-bond donors (Lipinski definition) is 1. The monoisotopic (exact) mass is 471 g/mol. The van der Waals surface area contributed by atoms with Crippen LogP contribution in [0.2, 0.25) is 0 Å². The number of nitrogens with one attached hydrogen (secondary N) is 1. The van der Waals surface area contributed by atoms with Crippen molar-refractivity contribution in [3.63, 3.8) is 0 Å². The third-order valence-electron chi connectivity index (χ3n) is 7.14. The van der Waals surface area contributed by atoms with Gasteiger partial charge in [-0.25, -0.2) is 4.79 Å². The molecule has 180 valence electrons. The number of hydrogen-bond acceptors (Lipinski definition) is 5. The fourth-order valence-corrected chi connectivity index (χ4v) is 4.95. The molecule has 0 bridgehead atoms. The molecule has 2 atom stereocenters. The highest BCUT2D eigenvalue weighted by atomic mass is 16.7. The smallest absolute Gasteiger partial charge is 0.411 e. The molecule has 7 heteroatoms. The fourth-order valence-electron chi connectivity index (χ4n) is 4.95. The summed E-state index contributed by atoms with van der Waals surface area (Å²) in [6.45, 7) is 2.67. The van der Waals surface area contributed by atoms with Crippen molar-refractivity contribution in [3.05, 3.63) is 48.0 Å². The van der Waals surface area contributed by atoms with Gasteiger partial charge in [0.1, 0.15) is 17.9 Å². The predicted octanol–water partition coefficient (Wildman–Crippen LogP) is 6.38. The third kappa shape index (κ3) is 4.46. The number of nitrogens with zero attached hydrogens (tertiary/aromatic N) is 2. The quantitative estimate of drug-likeness (QED) is 0.432. The normalized spacial score (nSPS) is 20.4. The number of rotatable bonds is 7. The third-order valence-corrected chi connectivity index (χ3v) is 7.14. The molecule has 1 amide bonds. The number of anilines is 1. The van der Waals surface area contributed by atoms with E-state index < -0.39 is 6.09 Å². The average molecular weight is 472 g/mol. The summed E-state index contributed by atoms with van der Waals surface area (Å²) >= 11 is 0. The van der Waals surface area contributed by atoms with E-state index in [0.717, 1.165) is 73.0 Å².